The Kier molecular flexibility index (Phi) is 3.71. The first kappa shape index (κ1) is 11.3. The van der Waals surface area contributed by atoms with Gasteiger partial charge in [0.1, 0.15) is 0 Å². The molecule has 2 rings (SSSR count). The second-order valence-corrected chi connectivity index (χ2v) is 5.44. The molecule has 0 aliphatic heterocycles. The van der Waals surface area contributed by atoms with E-state index in [9.17, 15) is 4.57 Å². The molecule has 0 saturated heterocycles. The summed E-state index contributed by atoms with van der Waals surface area (Å²) in [7, 11) is -1.45. The van der Waals surface area contributed by atoms with Crippen LogP contribution < -0.4 is 5.30 Å². The van der Waals surface area contributed by atoms with Gasteiger partial charge in [0.2, 0.25) is 5.30 Å². The summed E-state index contributed by atoms with van der Waals surface area (Å²) < 4.78 is 12.1. The fourth-order valence-corrected chi connectivity index (χ4v) is 3.18. The van der Waals surface area contributed by atoms with Crippen LogP contribution in [0, 0.1) is 0 Å². The average Bonchev–Trinajstić information content (AvgIpc) is 2.31. The Morgan fingerprint density at radius 1 is 0.938 bits per heavy atom. The first-order chi connectivity index (χ1) is 7.77. The van der Waals surface area contributed by atoms with Crippen molar-refractivity contribution >= 4 is 24.7 Å². The molecule has 3 heteroatoms. The van der Waals surface area contributed by atoms with Gasteiger partial charge in [0, 0.05) is 5.56 Å². The van der Waals surface area contributed by atoms with Crippen LogP contribution in [0.4, 0.5) is 0 Å². The molecule has 2 aromatic carbocycles. The van der Waals surface area contributed by atoms with Gasteiger partial charge in [0.15, 0.2) is 6.16 Å². The van der Waals surface area contributed by atoms with Gasteiger partial charge in [-0.2, -0.15) is 0 Å². The molecule has 0 N–H and O–H groups in total. The van der Waals surface area contributed by atoms with E-state index in [2.05, 4.69) is 0 Å². The highest BCUT2D eigenvalue weighted by Gasteiger charge is 2.22. The Hall–Kier alpha value is -1.17. The first-order valence-electron chi connectivity index (χ1n) is 5.00. The SMILES string of the molecule is O=[P+](Cc1ccccc1)c1ccccc1Cl. The molecule has 1 nitrogen and oxygen atoms in total. The van der Waals surface area contributed by atoms with Gasteiger partial charge in [-0.25, -0.2) is 0 Å². The van der Waals surface area contributed by atoms with Crippen molar-refractivity contribution in [3.8, 4) is 0 Å². The predicted molar refractivity (Wildman–Crippen MR) is 68.8 cm³/mol. The molecule has 0 saturated carbocycles. The molecular weight excluding hydrogens is 239 g/mol. The largest absolute Gasteiger partial charge is 0.383 e. The van der Waals surface area contributed by atoms with Gasteiger partial charge in [0.05, 0.1) is 5.02 Å². The molecule has 0 fully saturated rings. The summed E-state index contributed by atoms with van der Waals surface area (Å²) in [5.41, 5.74) is 1.07. The maximum Gasteiger partial charge on any atom is 0.383 e. The molecule has 1 unspecified atom stereocenters. The van der Waals surface area contributed by atoms with Crippen molar-refractivity contribution in [2.75, 3.05) is 0 Å². The van der Waals surface area contributed by atoms with Crippen molar-refractivity contribution in [2.24, 2.45) is 0 Å². The molecule has 0 bridgehead atoms. The molecule has 16 heavy (non-hydrogen) atoms. The van der Waals surface area contributed by atoms with Gasteiger partial charge in [-0.3, -0.25) is 0 Å². The minimum absolute atomic E-state index is 0.542. The summed E-state index contributed by atoms with van der Waals surface area (Å²) in [6.07, 6.45) is 0.542. The van der Waals surface area contributed by atoms with Gasteiger partial charge < -0.3 is 0 Å². The van der Waals surface area contributed by atoms with E-state index in [4.69, 9.17) is 11.6 Å². The van der Waals surface area contributed by atoms with Gasteiger partial charge in [0.25, 0.3) is 0 Å². The van der Waals surface area contributed by atoms with Crippen LogP contribution in [0.25, 0.3) is 0 Å². The third kappa shape index (κ3) is 2.69. The predicted octanol–water partition coefficient (Wildman–Crippen LogP) is 3.99. The Bertz CT molecular complexity index is 496. The highest BCUT2D eigenvalue weighted by molar-refractivity contribution is 7.53. The molecule has 80 valence electrons. The van der Waals surface area contributed by atoms with E-state index in [1.54, 1.807) is 6.07 Å². The van der Waals surface area contributed by atoms with Crippen LogP contribution in [0.3, 0.4) is 0 Å². The van der Waals surface area contributed by atoms with E-state index in [0.29, 0.717) is 11.2 Å². The maximum atomic E-state index is 12.1. The topological polar surface area (TPSA) is 17.1 Å². The molecule has 0 aromatic heterocycles. The highest BCUT2D eigenvalue weighted by atomic mass is 35.5. The van der Waals surface area contributed by atoms with Crippen molar-refractivity contribution in [3.05, 3.63) is 65.2 Å². The van der Waals surface area contributed by atoms with Crippen LogP contribution >= 0.6 is 19.4 Å². The lowest BCUT2D eigenvalue weighted by atomic mass is 10.2. The molecule has 1 atom stereocenters. The number of benzene rings is 2. The van der Waals surface area contributed by atoms with Crippen LogP contribution in [0.15, 0.2) is 54.6 Å². The van der Waals surface area contributed by atoms with Crippen LogP contribution in [-0.2, 0) is 10.7 Å². The average molecular weight is 250 g/mol. The first-order valence-corrected chi connectivity index (χ1v) is 6.83. The molecule has 0 radical (unpaired) electrons. The Morgan fingerprint density at radius 3 is 2.25 bits per heavy atom. The Balaban J connectivity index is 2.19. The van der Waals surface area contributed by atoms with Crippen LogP contribution in [0.1, 0.15) is 5.56 Å². The van der Waals surface area contributed by atoms with Crippen molar-refractivity contribution in [1.82, 2.24) is 0 Å². The summed E-state index contributed by atoms with van der Waals surface area (Å²) in [6, 6.07) is 17.1. The molecular formula is C13H11ClOP+. The van der Waals surface area contributed by atoms with Crippen LogP contribution in [0.2, 0.25) is 5.02 Å². The smallest absolute Gasteiger partial charge is 0.0794 e. The third-order valence-corrected chi connectivity index (χ3v) is 4.33. The monoisotopic (exact) mass is 249 g/mol. The van der Waals surface area contributed by atoms with E-state index in [0.717, 1.165) is 10.9 Å². The number of halogens is 1. The highest BCUT2D eigenvalue weighted by Crippen LogP contribution is 2.29. The van der Waals surface area contributed by atoms with Crippen LogP contribution in [-0.4, -0.2) is 0 Å². The third-order valence-electron chi connectivity index (χ3n) is 2.29. The van der Waals surface area contributed by atoms with E-state index in [1.807, 2.05) is 48.5 Å². The summed E-state index contributed by atoms with van der Waals surface area (Å²) in [6.45, 7) is 0. The minimum atomic E-state index is -1.45. The Morgan fingerprint density at radius 2 is 1.56 bits per heavy atom. The van der Waals surface area contributed by atoms with E-state index in [-0.39, 0.29) is 0 Å². The molecule has 0 spiro atoms. The number of hydrogen-bond donors (Lipinski definition) is 0. The molecule has 0 heterocycles. The second-order valence-electron chi connectivity index (χ2n) is 3.47. The zero-order valence-electron chi connectivity index (χ0n) is 8.64. The fraction of sp³-hybridized carbons (Fsp3) is 0.0769. The zero-order valence-corrected chi connectivity index (χ0v) is 10.3. The summed E-state index contributed by atoms with van der Waals surface area (Å²) >= 11 is 6.00. The van der Waals surface area contributed by atoms with E-state index < -0.39 is 7.80 Å². The number of rotatable bonds is 3. The maximum absolute atomic E-state index is 12.1. The molecule has 0 aliphatic carbocycles. The lowest BCUT2D eigenvalue weighted by molar-refractivity contribution is 0.592. The van der Waals surface area contributed by atoms with Gasteiger partial charge in [-0.15, -0.1) is 0 Å². The fourth-order valence-electron chi connectivity index (χ4n) is 1.49. The van der Waals surface area contributed by atoms with E-state index >= 15 is 0 Å². The van der Waals surface area contributed by atoms with Gasteiger partial charge in [-0.1, -0.05) is 58.6 Å². The van der Waals surface area contributed by atoms with Gasteiger partial charge in [-0.05, 0) is 12.1 Å². The quantitative estimate of drug-likeness (QED) is 0.752. The number of hydrogen-bond acceptors (Lipinski definition) is 1. The summed E-state index contributed by atoms with van der Waals surface area (Å²) in [4.78, 5) is 0. The lowest BCUT2D eigenvalue weighted by Crippen LogP contribution is -1.98. The van der Waals surface area contributed by atoms with E-state index in [1.165, 1.54) is 0 Å². The molecule has 2 aromatic rings. The lowest BCUT2D eigenvalue weighted by Gasteiger charge is -1.93. The van der Waals surface area contributed by atoms with Gasteiger partial charge >= 0.3 is 7.80 Å². The zero-order chi connectivity index (χ0) is 11.4. The summed E-state index contributed by atoms with van der Waals surface area (Å²) in [5, 5.41) is 1.32. The Labute approximate surface area is 101 Å². The second kappa shape index (κ2) is 5.25. The normalized spacial score (nSPS) is 11.2. The molecule has 0 aliphatic rings. The minimum Gasteiger partial charge on any atom is -0.0794 e. The van der Waals surface area contributed by atoms with Crippen molar-refractivity contribution in [1.29, 1.82) is 0 Å². The van der Waals surface area contributed by atoms with Crippen LogP contribution in [0.5, 0.6) is 0 Å². The van der Waals surface area contributed by atoms with Crippen molar-refractivity contribution < 1.29 is 4.57 Å². The molecule has 0 amide bonds. The van der Waals surface area contributed by atoms with Crippen molar-refractivity contribution in [3.63, 3.8) is 0 Å². The summed E-state index contributed by atoms with van der Waals surface area (Å²) in [5.74, 6) is 0. The van der Waals surface area contributed by atoms with Crippen molar-refractivity contribution in [2.45, 2.75) is 6.16 Å². The standard InChI is InChI=1S/C13H11ClOP/c14-12-8-4-5-9-13(12)16(15)10-11-6-2-1-3-7-11/h1-9H,10H2/q+1.